The maximum absolute atomic E-state index is 11.9. The van der Waals surface area contributed by atoms with Gasteiger partial charge in [0, 0.05) is 13.1 Å². The molecule has 0 radical (unpaired) electrons. The molecule has 0 bridgehead atoms. The van der Waals surface area contributed by atoms with E-state index in [9.17, 15) is 18.8 Å². The summed E-state index contributed by atoms with van der Waals surface area (Å²) < 4.78 is 11.9. The SMILES string of the molecule is CCC.CCCN=C(N)N.CNCC(=O)N1CCCC1C(=O)NCC(=O)CF. The van der Waals surface area contributed by atoms with E-state index in [4.69, 9.17) is 11.5 Å². The lowest BCUT2D eigenvalue weighted by atomic mass is 10.2. The second-order valence-electron chi connectivity index (χ2n) is 6.18. The van der Waals surface area contributed by atoms with Crippen LogP contribution in [0.25, 0.3) is 0 Å². The van der Waals surface area contributed by atoms with Crippen LogP contribution in [0.15, 0.2) is 4.99 Å². The second kappa shape index (κ2) is 18.1. The molecule has 1 heterocycles. The Balaban J connectivity index is 0. The third kappa shape index (κ3) is 13.9. The highest BCUT2D eigenvalue weighted by atomic mass is 19.1. The number of rotatable bonds is 8. The van der Waals surface area contributed by atoms with Gasteiger partial charge in [0.1, 0.15) is 12.7 Å². The van der Waals surface area contributed by atoms with E-state index >= 15 is 0 Å². The first-order chi connectivity index (χ1) is 13.3. The average molecular weight is 405 g/mol. The van der Waals surface area contributed by atoms with E-state index < -0.39 is 24.4 Å². The van der Waals surface area contributed by atoms with Crippen molar-refractivity contribution in [2.75, 3.05) is 39.9 Å². The van der Waals surface area contributed by atoms with Gasteiger partial charge in [-0.25, -0.2) is 4.39 Å². The minimum atomic E-state index is -1.09. The molecule has 6 N–H and O–H groups in total. The molecule has 1 rings (SSSR count). The highest BCUT2D eigenvalue weighted by Crippen LogP contribution is 2.17. The zero-order valence-corrected chi connectivity index (χ0v) is 17.6. The summed E-state index contributed by atoms with van der Waals surface area (Å²) in [5, 5.41) is 5.10. The fraction of sp³-hybridized carbons (Fsp3) is 0.778. The molecule has 0 spiro atoms. The zero-order valence-electron chi connectivity index (χ0n) is 17.6. The first-order valence-electron chi connectivity index (χ1n) is 9.63. The van der Waals surface area contributed by atoms with Crippen LogP contribution in [0.4, 0.5) is 4.39 Å². The van der Waals surface area contributed by atoms with Crippen molar-refractivity contribution in [1.82, 2.24) is 15.5 Å². The second-order valence-corrected chi connectivity index (χ2v) is 6.18. The molecule has 0 aromatic carbocycles. The van der Waals surface area contributed by atoms with E-state index in [0.29, 0.717) is 13.0 Å². The molecule has 2 amide bonds. The van der Waals surface area contributed by atoms with Crippen molar-refractivity contribution in [3.05, 3.63) is 0 Å². The quantitative estimate of drug-likeness (QED) is 0.330. The number of halogens is 1. The van der Waals surface area contributed by atoms with Crippen molar-refractivity contribution in [3.63, 3.8) is 0 Å². The van der Waals surface area contributed by atoms with Gasteiger partial charge < -0.3 is 27.0 Å². The Hall–Kier alpha value is -2.23. The highest BCUT2D eigenvalue weighted by molar-refractivity contribution is 5.92. The number of nitrogens with two attached hydrogens (primary N) is 2. The minimum Gasteiger partial charge on any atom is -0.370 e. The molecule has 0 aromatic rings. The normalized spacial score (nSPS) is 14.8. The van der Waals surface area contributed by atoms with E-state index in [1.54, 1.807) is 7.05 Å². The summed E-state index contributed by atoms with van der Waals surface area (Å²) in [6.07, 6.45) is 3.58. The summed E-state index contributed by atoms with van der Waals surface area (Å²) in [5.41, 5.74) is 10.0. The Kier molecular flexibility index (Phi) is 18.1. The van der Waals surface area contributed by atoms with Gasteiger partial charge in [-0.05, 0) is 26.3 Å². The molecule has 9 nitrogen and oxygen atoms in total. The number of nitrogens with one attached hydrogen (secondary N) is 2. The predicted octanol–water partition coefficient (Wildman–Crippen LogP) is -0.0623. The largest absolute Gasteiger partial charge is 0.370 e. The van der Waals surface area contributed by atoms with Crippen LogP contribution in [0.5, 0.6) is 0 Å². The van der Waals surface area contributed by atoms with Crippen molar-refractivity contribution in [3.8, 4) is 0 Å². The molecule has 1 aliphatic rings. The fourth-order valence-corrected chi connectivity index (χ4v) is 2.18. The predicted molar refractivity (Wildman–Crippen MR) is 110 cm³/mol. The van der Waals surface area contributed by atoms with Gasteiger partial charge >= 0.3 is 0 Å². The molecule has 0 aromatic heterocycles. The van der Waals surface area contributed by atoms with Gasteiger partial charge in [-0.1, -0.05) is 27.2 Å². The van der Waals surface area contributed by atoms with Crippen LogP contribution in [0.1, 0.15) is 46.5 Å². The van der Waals surface area contributed by atoms with Crippen molar-refractivity contribution in [2.24, 2.45) is 16.5 Å². The van der Waals surface area contributed by atoms with Crippen molar-refractivity contribution in [1.29, 1.82) is 0 Å². The summed E-state index contributed by atoms with van der Waals surface area (Å²) in [6.45, 7) is 6.31. The van der Waals surface area contributed by atoms with E-state index in [1.807, 2.05) is 6.92 Å². The topological polar surface area (TPSA) is 143 Å². The molecule has 1 saturated heterocycles. The van der Waals surface area contributed by atoms with E-state index in [-0.39, 0.29) is 25.0 Å². The van der Waals surface area contributed by atoms with Crippen molar-refractivity contribution >= 4 is 23.6 Å². The third-order valence-electron chi connectivity index (χ3n) is 3.33. The minimum absolute atomic E-state index is 0.146. The summed E-state index contributed by atoms with van der Waals surface area (Å²) in [6, 6.07) is -0.543. The summed E-state index contributed by atoms with van der Waals surface area (Å²) >= 11 is 0. The first-order valence-corrected chi connectivity index (χ1v) is 9.63. The maximum atomic E-state index is 11.9. The van der Waals surface area contributed by atoms with Crippen LogP contribution in [-0.2, 0) is 14.4 Å². The van der Waals surface area contributed by atoms with Gasteiger partial charge in [-0.15, -0.1) is 0 Å². The average Bonchev–Trinajstić information content (AvgIpc) is 3.15. The molecule has 0 aliphatic carbocycles. The molecule has 10 heteroatoms. The summed E-state index contributed by atoms with van der Waals surface area (Å²) in [4.78, 5) is 39.5. The van der Waals surface area contributed by atoms with Crippen molar-refractivity contribution < 1.29 is 18.8 Å². The zero-order chi connectivity index (χ0) is 21.9. The smallest absolute Gasteiger partial charge is 0.243 e. The number of guanidine groups is 1. The van der Waals surface area contributed by atoms with Crippen LogP contribution < -0.4 is 22.1 Å². The fourth-order valence-electron chi connectivity index (χ4n) is 2.18. The molecular weight excluding hydrogens is 367 g/mol. The highest BCUT2D eigenvalue weighted by Gasteiger charge is 2.33. The lowest BCUT2D eigenvalue weighted by Crippen LogP contribution is -2.49. The van der Waals surface area contributed by atoms with Crippen LogP contribution in [0, 0.1) is 0 Å². The monoisotopic (exact) mass is 404 g/mol. The van der Waals surface area contributed by atoms with Gasteiger partial charge in [0.05, 0.1) is 13.1 Å². The summed E-state index contributed by atoms with van der Waals surface area (Å²) in [5.74, 6) is -1.03. The van der Waals surface area contributed by atoms with Gasteiger partial charge in [0.25, 0.3) is 0 Å². The molecule has 1 atom stereocenters. The maximum Gasteiger partial charge on any atom is 0.243 e. The Morgan fingerprint density at radius 3 is 2.21 bits per heavy atom. The van der Waals surface area contributed by atoms with E-state index in [1.165, 1.54) is 11.3 Å². The Bertz CT molecular complexity index is 484. The number of likely N-dealkylation sites (N-methyl/N-ethyl adjacent to an activating group) is 1. The molecule has 1 fully saturated rings. The molecule has 0 saturated carbocycles. The molecule has 164 valence electrons. The third-order valence-corrected chi connectivity index (χ3v) is 3.33. The number of alkyl halides is 1. The lowest BCUT2D eigenvalue weighted by Gasteiger charge is -2.23. The number of hydrogen-bond donors (Lipinski definition) is 4. The molecule has 1 unspecified atom stereocenters. The number of ketones is 1. The standard InChI is InChI=1S/C11H18FN3O3.C4H11N3.C3H8/c1-13-7-10(17)15-4-2-3-9(15)11(18)14-6-8(16)5-12;1-2-3-7-4(5)6;1-3-2/h9,13H,2-7H2,1H3,(H,14,18);2-3H2,1H3,(H4,5,6,7);3H2,1-2H3. The molecule has 28 heavy (non-hydrogen) atoms. The Labute approximate surface area is 167 Å². The lowest BCUT2D eigenvalue weighted by molar-refractivity contribution is -0.138. The van der Waals surface area contributed by atoms with Gasteiger partial charge in [-0.2, -0.15) is 0 Å². The van der Waals surface area contributed by atoms with Crippen LogP contribution in [0.2, 0.25) is 0 Å². The van der Waals surface area contributed by atoms with Gasteiger partial charge in [0.15, 0.2) is 11.7 Å². The van der Waals surface area contributed by atoms with Gasteiger partial charge in [0.2, 0.25) is 11.8 Å². The first kappa shape index (κ1) is 28.0. The van der Waals surface area contributed by atoms with Crippen molar-refractivity contribution in [2.45, 2.75) is 52.5 Å². The number of hydrogen-bond acceptors (Lipinski definition) is 5. The van der Waals surface area contributed by atoms with Gasteiger partial charge in [-0.3, -0.25) is 19.4 Å². The number of aliphatic imine (C=N–C) groups is 1. The molecule has 1 aliphatic heterocycles. The number of Topliss-reactive ketones (excluding diaryl/α,β-unsaturated/α-hetero) is 1. The number of carbonyl (C=O) groups is 3. The van der Waals surface area contributed by atoms with E-state index in [2.05, 4.69) is 29.5 Å². The van der Waals surface area contributed by atoms with Crippen LogP contribution in [0.3, 0.4) is 0 Å². The Morgan fingerprint density at radius 1 is 1.18 bits per heavy atom. The number of likely N-dealkylation sites (tertiary alicyclic amines) is 1. The Morgan fingerprint density at radius 2 is 1.79 bits per heavy atom. The summed E-state index contributed by atoms with van der Waals surface area (Å²) in [7, 11) is 1.66. The number of nitrogens with zero attached hydrogens (tertiary/aromatic N) is 2. The molecular formula is C18H37FN6O3. The van der Waals surface area contributed by atoms with Crippen LogP contribution in [-0.4, -0.2) is 74.4 Å². The number of carbonyl (C=O) groups excluding carboxylic acids is 3. The number of amides is 2. The van der Waals surface area contributed by atoms with Crippen LogP contribution >= 0.6 is 0 Å². The van der Waals surface area contributed by atoms with E-state index in [0.717, 1.165) is 19.4 Å².